The molecule has 0 aliphatic carbocycles. The highest BCUT2D eigenvalue weighted by Gasteiger charge is 2.23. The van der Waals surface area contributed by atoms with Crippen LogP contribution < -0.4 is 5.32 Å². The molecule has 0 aromatic rings. The Bertz CT molecular complexity index is 335. The average Bonchev–Trinajstić information content (AvgIpc) is 2.40. The number of ether oxygens (including phenoxy) is 1. The zero-order valence-electron chi connectivity index (χ0n) is 12.2. The summed E-state index contributed by atoms with van der Waals surface area (Å²) in [6, 6.07) is -0.488. The highest BCUT2D eigenvalue weighted by atomic mass is 16.5. The van der Waals surface area contributed by atoms with Gasteiger partial charge in [0.25, 0.3) is 0 Å². The second kappa shape index (κ2) is 10.0. The number of carboxylic acid groups (broad SMARTS) is 1. The van der Waals surface area contributed by atoms with E-state index in [2.05, 4.69) is 5.32 Å². The van der Waals surface area contributed by atoms with E-state index in [0.29, 0.717) is 13.1 Å². The maximum absolute atomic E-state index is 12.2. The Morgan fingerprint density at radius 3 is 2.25 bits per heavy atom. The lowest BCUT2D eigenvalue weighted by atomic mass is 10.4. The summed E-state index contributed by atoms with van der Waals surface area (Å²) in [6.07, 6.45) is 0. The molecule has 0 rings (SSSR count). The van der Waals surface area contributed by atoms with Crippen LogP contribution >= 0.6 is 0 Å². The third kappa shape index (κ3) is 6.93. The molecule has 2 N–H and O–H groups in total. The Morgan fingerprint density at radius 1 is 1.15 bits per heavy atom. The number of carbonyl (C=O) groups is 3. The van der Waals surface area contributed by atoms with Crippen molar-refractivity contribution >= 4 is 17.9 Å². The van der Waals surface area contributed by atoms with E-state index in [4.69, 9.17) is 9.84 Å². The standard InChI is InChI=1S/C12H23N3O5/c1-4-13-10(16)8-14(5-2)12(19)15(6-7-20-3)9-11(17)18/h4-9H2,1-3H3,(H,13,16)(H,17,18). The molecule has 3 amide bonds. The van der Waals surface area contributed by atoms with E-state index in [0.717, 1.165) is 4.90 Å². The zero-order chi connectivity index (χ0) is 15.5. The predicted molar refractivity (Wildman–Crippen MR) is 72.4 cm³/mol. The number of hydrogen-bond donors (Lipinski definition) is 2. The molecule has 0 radical (unpaired) electrons. The number of aliphatic carboxylic acids is 1. The summed E-state index contributed by atoms with van der Waals surface area (Å²) < 4.78 is 4.85. The summed E-state index contributed by atoms with van der Waals surface area (Å²) in [5.41, 5.74) is 0. The number of rotatable bonds is 9. The first-order chi connectivity index (χ1) is 9.46. The number of carbonyl (C=O) groups excluding carboxylic acids is 2. The van der Waals surface area contributed by atoms with E-state index >= 15 is 0 Å². The number of nitrogens with one attached hydrogen (secondary N) is 1. The van der Waals surface area contributed by atoms with Crippen molar-refractivity contribution in [3.8, 4) is 0 Å². The van der Waals surface area contributed by atoms with Gasteiger partial charge in [-0.3, -0.25) is 9.59 Å². The van der Waals surface area contributed by atoms with E-state index in [1.165, 1.54) is 12.0 Å². The minimum atomic E-state index is -1.11. The van der Waals surface area contributed by atoms with Gasteiger partial charge in [-0.05, 0) is 13.8 Å². The fourth-order valence-corrected chi connectivity index (χ4v) is 1.55. The molecule has 0 unspecified atom stereocenters. The molecule has 0 aliphatic heterocycles. The van der Waals surface area contributed by atoms with Crippen molar-refractivity contribution in [1.82, 2.24) is 15.1 Å². The average molecular weight is 289 g/mol. The van der Waals surface area contributed by atoms with Gasteiger partial charge in [-0.1, -0.05) is 0 Å². The van der Waals surface area contributed by atoms with Crippen molar-refractivity contribution in [1.29, 1.82) is 0 Å². The zero-order valence-corrected chi connectivity index (χ0v) is 12.2. The summed E-state index contributed by atoms with van der Waals surface area (Å²) in [5, 5.41) is 11.4. The molecule has 0 heterocycles. The van der Waals surface area contributed by atoms with Crippen LogP contribution in [0.25, 0.3) is 0 Å². The van der Waals surface area contributed by atoms with Crippen LogP contribution in [-0.4, -0.2) is 79.3 Å². The van der Waals surface area contributed by atoms with Crippen LogP contribution in [0.5, 0.6) is 0 Å². The highest BCUT2D eigenvalue weighted by Crippen LogP contribution is 2.00. The van der Waals surface area contributed by atoms with E-state index in [-0.39, 0.29) is 25.6 Å². The van der Waals surface area contributed by atoms with Crippen molar-refractivity contribution < 1.29 is 24.2 Å². The fraction of sp³-hybridized carbons (Fsp3) is 0.750. The molecule has 0 atom stereocenters. The number of hydrogen-bond acceptors (Lipinski definition) is 4. The van der Waals surface area contributed by atoms with Crippen LogP contribution in [0.4, 0.5) is 4.79 Å². The summed E-state index contributed by atoms with van der Waals surface area (Å²) >= 11 is 0. The number of carboxylic acids is 1. The molecule has 8 heteroatoms. The van der Waals surface area contributed by atoms with Gasteiger partial charge in [-0.2, -0.15) is 0 Å². The van der Waals surface area contributed by atoms with Gasteiger partial charge in [0.1, 0.15) is 13.1 Å². The number of amides is 3. The maximum Gasteiger partial charge on any atom is 0.323 e. The molecule has 0 saturated carbocycles. The minimum absolute atomic E-state index is 0.0910. The molecule has 0 aromatic carbocycles. The first kappa shape index (κ1) is 18.2. The van der Waals surface area contributed by atoms with E-state index in [1.807, 2.05) is 0 Å². The van der Waals surface area contributed by atoms with Gasteiger partial charge >= 0.3 is 12.0 Å². The first-order valence-electron chi connectivity index (χ1n) is 6.47. The quantitative estimate of drug-likeness (QED) is 0.601. The van der Waals surface area contributed by atoms with Crippen LogP contribution in [0.3, 0.4) is 0 Å². The van der Waals surface area contributed by atoms with Crippen molar-refractivity contribution in [3.05, 3.63) is 0 Å². The molecule has 20 heavy (non-hydrogen) atoms. The monoisotopic (exact) mass is 289 g/mol. The fourth-order valence-electron chi connectivity index (χ4n) is 1.55. The van der Waals surface area contributed by atoms with Gasteiger partial charge in [0.2, 0.25) is 5.91 Å². The summed E-state index contributed by atoms with van der Waals surface area (Å²) in [6.45, 7) is 4.19. The second-order valence-electron chi connectivity index (χ2n) is 4.06. The third-order valence-corrected chi connectivity index (χ3v) is 2.52. The Kier molecular flexibility index (Phi) is 9.10. The van der Waals surface area contributed by atoms with Crippen molar-refractivity contribution in [2.75, 3.05) is 46.4 Å². The van der Waals surface area contributed by atoms with Gasteiger partial charge < -0.3 is 25.0 Å². The SMILES string of the molecule is CCNC(=O)CN(CC)C(=O)N(CCOC)CC(=O)O. The van der Waals surface area contributed by atoms with Crippen LogP contribution in [0.15, 0.2) is 0 Å². The van der Waals surface area contributed by atoms with Crippen molar-refractivity contribution in [2.45, 2.75) is 13.8 Å². The Hall–Kier alpha value is -1.83. The summed E-state index contributed by atoms with van der Waals surface area (Å²) in [4.78, 5) is 36.9. The van der Waals surface area contributed by atoms with Gasteiger partial charge in [-0.15, -0.1) is 0 Å². The number of urea groups is 1. The molecule has 8 nitrogen and oxygen atoms in total. The van der Waals surface area contributed by atoms with Gasteiger partial charge in [0.15, 0.2) is 0 Å². The van der Waals surface area contributed by atoms with Gasteiger partial charge in [0.05, 0.1) is 6.61 Å². The predicted octanol–water partition coefficient (Wildman–Crippen LogP) is -0.403. The lowest BCUT2D eigenvalue weighted by Gasteiger charge is -2.28. The van der Waals surface area contributed by atoms with Crippen LogP contribution in [0, 0.1) is 0 Å². The molecule has 0 bridgehead atoms. The van der Waals surface area contributed by atoms with E-state index < -0.39 is 18.5 Å². The molecule has 116 valence electrons. The molecule has 0 fully saturated rings. The van der Waals surface area contributed by atoms with E-state index in [9.17, 15) is 14.4 Å². The third-order valence-electron chi connectivity index (χ3n) is 2.52. The summed E-state index contributed by atoms with van der Waals surface area (Å²) in [5.74, 6) is -1.38. The van der Waals surface area contributed by atoms with Crippen molar-refractivity contribution in [2.24, 2.45) is 0 Å². The maximum atomic E-state index is 12.2. The topological polar surface area (TPSA) is 99.2 Å². The molecular weight excluding hydrogens is 266 g/mol. The molecule has 0 spiro atoms. The highest BCUT2D eigenvalue weighted by molar-refractivity contribution is 5.85. The molecular formula is C12H23N3O5. The van der Waals surface area contributed by atoms with Gasteiger partial charge in [-0.25, -0.2) is 4.79 Å². The Labute approximate surface area is 118 Å². The normalized spacial score (nSPS) is 9.95. The first-order valence-corrected chi connectivity index (χ1v) is 6.47. The minimum Gasteiger partial charge on any atom is -0.480 e. The van der Waals surface area contributed by atoms with Crippen LogP contribution in [0.1, 0.15) is 13.8 Å². The smallest absolute Gasteiger partial charge is 0.323 e. The number of methoxy groups -OCH3 is 1. The second-order valence-corrected chi connectivity index (χ2v) is 4.06. The molecule has 0 saturated heterocycles. The van der Waals surface area contributed by atoms with Gasteiger partial charge in [0, 0.05) is 26.7 Å². The molecule has 0 aliphatic rings. The Morgan fingerprint density at radius 2 is 1.80 bits per heavy atom. The lowest BCUT2D eigenvalue weighted by Crippen LogP contribution is -2.49. The van der Waals surface area contributed by atoms with Crippen molar-refractivity contribution in [3.63, 3.8) is 0 Å². The largest absolute Gasteiger partial charge is 0.480 e. The number of nitrogens with zero attached hydrogens (tertiary/aromatic N) is 2. The Balaban J connectivity index is 4.70. The number of likely N-dealkylation sites (N-methyl/N-ethyl adjacent to an activating group) is 2. The van der Waals surface area contributed by atoms with Crippen LogP contribution in [0.2, 0.25) is 0 Å². The van der Waals surface area contributed by atoms with E-state index in [1.54, 1.807) is 13.8 Å². The lowest BCUT2D eigenvalue weighted by molar-refractivity contribution is -0.137. The van der Waals surface area contributed by atoms with Crippen LogP contribution in [-0.2, 0) is 14.3 Å². The molecule has 0 aromatic heterocycles. The summed E-state index contributed by atoms with van der Waals surface area (Å²) in [7, 11) is 1.47.